The standard InChI is InChI=1S/C13H10BrNO2S/c14-10-3-8-1-2-17-13(8)9(4-10)5-11(16)12-6-15-7-18-12/h3-4,6-7H,1-2,5H2. The van der Waals surface area contributed by atoms with Crippen LogP contribution in [0.15, 0.2) is 28.3 Å². The van der Waals surface area contributed by atoms with E-state index >= 15 is 0 Å². The fourth-order valence-corrected chi connectivity index (χ4v) is 3.20. The Morgan fingerprint density at radius 3 is 3.17 bits per heavy atom. The number of fused-ring (bicyclic) bond motifs is 1. The number of Topliss-reactive ketones (excluding diaryl/α,β-unsaturated/α-hetero) is 1. The van der Waals surface area contributed by atoms with E-state index in [-0.39, 0.29) is 5.78 Å². The number of hydrogen-bond acceptors (Lipinski definition) is 4. The summed E-state index contributed by atoms with van der Waals surface area (Å²) in [6, 6.07) is 4.02. The Labute approximate surface area is 117 Å². The number of carbonyl (C=O) groups excluding carboxylic acids is 1. The van der Waals surface area contributed by atoms with E-state index in [0.29, 0.717) is 17.9 Å². The van der Waals surface area contributed by atoms with Gasteiger partial charge in [0.25, 0.3) is 0 Å². The number of aromatic nitrogens is 1. The van der Waals surface area contributed by atoms with Crippen LogP contribution in [0.2, 0.25) is 0 Å². The van der Waals surface area contributed by atoms with Crippen LogP contribution in [0.3, 0.4) is 0 Å². The molecule has 0 bridgehead atoms. The highest BCUT2D eigenvalue weighted by Gasteiger charge is 2.20. The minimum Gasteiger partial charge on any atom is -0.493 e. The summed E-state index contributed by atoms with van der Waals surface area (Å²) < 4.78 is 6.62. The number of ether oxygens (including phenoxy) is 1. The van der Waals surface area contributed by atoms with Gasteiger partial charge in [-0.3, -0.25) is 9.78 Å². The quantitative estimate of drug-likeness (QED) is 0.814. The molecule has 1 aromatic carbocycles. The van der Waals surface area contributed by atoms with Gasteiger partial charge in [0, 0.05) is 29.1 Å². The van der Waals surface area contributed by atoms with E-state index < -0.39 is 0 Å². The van der Waals surface area contributed by atoms with Crippen molar-refractivity contribution in [3.63, 3.8) is 0 Å². The van der Waals surface area contributed by atoms with Gasteiger partial charge in [-0.25, -0.2) is 0 Å². The molecule has 0 fully saturated rings. The van der Waals surface area contributed by atoms with Gasteiger partial charge >= 0.3 is 0 Å². The zero-order valence-corrected chi connectivity index (χ0v) is 11.9. The Kier molecular flexibility index (Phi) is 3.18. The number of halogens is 1. The molecular formula is C13H10BrNO2S. The average Bonchev–Trinajstić information content (AvgIpc) is 2.98. The Morgan fingerprint density at radius 2 is 2.39 bits per heavy atom. The third kappa shape index (κ3) is 2.20. The fraction of sp³-hybridized carbons (Fsp3) is 0.231. The molecule has 0 saturated carbocycles. The van der Waals surface area contributed by atoms with Crippen molar-refractivity contribution in [2.45, 2.75) is 12.8 Å². The smallest absolute Gasteiger partial charge is 0.178 e. The Morgan fingerprint density at radius 1 is 1.50 bits per heavy atom. The molecule has 0 aliphatic carbocycles. The molecule has 0 amide bonds. The van der Waals surface area contributed by atoms with E-state index in [1.54, 1.807) is 11.7 Å². The number of rotatable bonds is 3. The van der Waals surface area contributed by atoms with Crippen molar-refractivity contribution >= 4 is 33.0 Å². The third-order valence-corrected chi connectivity index (χ3v) is 4.16. The molecule has 0 unspecified atom stereocenters. The van der Waals surface area contributed by atoms with Crippen LogP contribution in [0.1, 0.15) is 20.8 Å². The summed E-state index contributed by atoms with van der Waals surface area (Å²) in [7, 11) is 0. The third-order valence-electron chi connectivity index (χ3n) is 2.88. The Balaban J connectivity index is 1.91. The van der Waals surface area contributed by atoms with Gasteiger partial charge in [-0.2, -0.15) is 0 Å². The summed E-state index contributed by atoms with van der Waals surface area (Å²) in [6.45, 7) is 0.702. The number of ketones is 1. The topological polar surface area (TPSA) is 39.2 Å². The molecule has 1 aliphatic heterocycles. The zero-order chi connectivity index (χ0) is 12.5. The molecule has 5 heteroatoms. The largest absolute Gasteiger partial charge is 0.493 e. The molecular weight excluding hydrogens is 314 g/mol. The van der Waals surface area contributed by atoms with Gasteiger partial charge < -0.3 is 4.74 Å². The lowest BCUT2D eigenvalue weighted by molar-refractivity contribution is 0.0995. The minimum absolute atomic E-state index is 0.0910. The number of nitrogens with zero attached hydrogens (tertiary/aromatic N) is 1. The SMILES string of the molecule is O=C(Cc1cc(Br)cc2c1OCC2)c1cncs1. The number of carbonyl (C=O) groups is 1. The van der Waals surface area contributed by atoms with Gasteiger partial charge in [0.15, 0.2) is 5.78 Å². The molecule has 0 atom stereocenters. The summed E-state index contributed by atoms with van der Waals surface area (Å²) in [6.07, 6.45) is 2.90. The van der Waals surface area contributed by atoms with Crippen LogP contribution in [-0.4, -0.2) is 17.4 Å². The van der Waals surface area contributed by atoms with Crippen molar-refractivity contribution in [2.75, 3.05) is 6.61 Å². The van der Waals surface area contributed by atoms with Crippen LogP contribution < -0.4 is 4.74 Å². The fourth-order valence-electron chi connectivity index (χ4n) is 2.09. The van der Waals surface area contributed by atoms with Crippen molar-refractivity contribution in [3.05, 3.63) is 44.3 Å². The first-order valence-corrected chi connectivity index (χ1v) is 7.27. The highest BCUT2D eigenvalue weighted by Crippen LogP contribution is 2.33. The molecule has 2 aromatic rings. The predicted molar refractivity (Wildman–Crippen MR) is 73.5 cm³/mol. The molecule has 3 rings (SSSR count). The molecule has 1 aliphatic rings. The molecule has 0 radical (unpaired) electrons. The van der Waals surface area contributed by atoms with Crippen molar-refractivity contribution in [1.29, 1.82) is 0 Å². The Bertz CT molecular complexity index is 595. The molecule has 3 nitrogen and oxygen atoms in total. The minimum atomic E-state index is 0.0910. The molecule has 92 valence electrons. The van der Waals surface area contributed by atoms with Crippen LogP contribution in [0.5, 0.6) is 5.75 Å². The maximum absolute atomic E-state index is 12.1. The van der Waals surface area contributed by atoms with Gasteiger partial charge in [0.05, 0.1) is 17.0 Å². The average molecular weight is 324 g/mol. The van der Waals surface area contributed by atoms with E-state index in [1.165, 1.54) is 16.9 Å². The number of hydrogen-bond donors (Lipinski definition) is 0. The highest BCUT2D eigenvalue weighted by atomic mass is 79.9. The highest BCUT2D eigenvalue weighted by molar-refractivity contribution is 9.10. The summed E-state index contributed by atoms with van der Waals surface area (Å²) >= 11 is 4.85. The molecule has 18 heavy (non-hydrogen) atoms. The first-order valence-electron chi connectivity index (χ1n) is 5.60. The van der Waals surface area contributed by atoms with Gasteiger partial charge in [0.1, 0.15) is 5.75 Å². The monoisotopic (exact) mass is 323 g/mol. The number of benzene rings is 1. The maximum Gasteiger partial charge on any atom is 0.178 e. The van der Waals surface area contributed by atoms with Crippen molar-refractivity contribution in [2.24, 2.45) is 0 Å². The van der Waals surface area contributed by atoms with Gasteiger partial charge in [-0.15, -0.1) is 11.3 Å². The molecule has 0 N–H and O–H groups in total. The van der Waals surface area contributed by atoms with Crippen LogP contribution in [0.4, 0.5) is 0 Å². The van der Waals surface area contributed by atoms with Crippen LogP contribution >= 0.6 is 27.3 Å². The number of thiazole rings is 1. The summed E-state index contributed by atoms with van der Waals surface area (Å²) in [5.41, 5.74) is 3.81. The first kappa shape index (κ1) is 11.9. The Hall–Kier alpha value is -1.20. The van der Waals surface area contributed by atoms with Crippen molar-refractivity contribution in [3.8, 4) is 5.75 Å². The van der Waals surface area contributed by atoms with Gasteiger partial charge in [0.2, 0.25) is 0 Å². The molecule has 0 spiro atoms. The normalized spacial score (nSPS) is 13.2. The lowest BCUT2D eigenvalue weighted by Crippen LogP contribution is -2.03. The summed E-state index contributed by atoms with van der Waals surface area (Å²) in [5, 5.41) is 0. The predicted octanol–water partition coefficient (Wildman–Crippen LogP) is 3.27. The van der Waals surface area contributed by atoms with Gasteiger partial charge in [-0.05, 0) is 17.7 Å². The lowest BCUT2D eigenvalue weighted by atomic mass is 10.0. The molecule has 2 heterocycles. The van der Waals surface area contributed by atoms with E-state index in [2.05, 4.69) is 27.0 Å². The van der Waals surface area contributed by atoms with E-state index in [0.717, 1.165) is 22.2 Å². The zero-order valence-electron chi connectivity index (χ0n) is 9.48. The van der Waals surface area contributed by atoms with Crippen molar-refractivity contribution < 1.29 is 9.53 Å². The van der Waals surface area contributed by atoms with Crippen LogP contribution in [0, 0.1) is 0 Å². The van der Waals surface area contributed by atoms with E-state index in [4.69, 9.17) is 4.74 Å². The van der Waals surface area contributed by atoms with Crippen molar-refractivity contribution in [1.82, 2.24) is 4.98 Å². The molecule has 1 aromatic heterocycles. The first-order chi connectivity index (χ1) is 8.74. The lowest BCUT2D eigenvalue weighted by Gasteiger charge is -2.07. The van der Waals surface area contributed by atoms with Gasteiger partial charge in [-0.1, -0.05) is 15.9 Å². The molecule has 0 saturated heterocycles. The van der Waals surface area contributed by atoms with E-state index in [9.17, 15) is 4.79 Å². The maximum atomic E-state index is 12.1. The second-order valence-corrected chi connectivity index (χ2v) is 5.92. The second kappa shape index (κ2) is 4.82. The van der Waals surface area contributed by atoms with E-state index in [1.807, 2.05) is 6.07 Å². The summed E-state index contributed by atoms with van der Waals surface area (Å²) in [5.74, 6) is 0.976. The van der Waals surface area contributed by atoms with Crippen LogP contribution in [0.25, 0.3) is 0 Å². The summed E-state index contributed by atoms with van der Waals surface area (Å²) in [4.78, 5) is 16.7. The second-order valence-electron chi connectivity index (χ2n) is 4.12. The van der Waals surface area contributed by atoms with Crippen LogP contribution in [-0.2, 0) is 12.8 Å².